The lowest BCUT2D eigenvalue weighted by molar-refractivity contribution is 0.102. The fraction of sp³-hybridized carbons (Fsp3) is 0.111. The number of methoxy groups -OCH3 is 1. The lowest BCUT2D eigenvalue weighted by atomic mass is 10.3. The van der Waals surface area contributed by atoms with Crippen molar-refractivity contribution in [2.45, 2.75) is 4.90 Å². The number of hydrogen-bond acceptors (Lipinski definition) is 5. The number of ether oxygens (including phenoxy) is 1. The van der Waals surface area contributed by atoms with E-state index in [2.05, 4.69) is 10.4 Å². The van der Waals surface area contributed by atoms with Gasteiger partial charge in [-0.1, -0.05) is 6.07 Å². The van der Waals surface area contributed by atoms with Crippen LogP contribution in [0.3, 0.4) is 0 Å². The lowest BCUT2D eigenvalue weighted by Gasteiger charge is -2.05. The molecular formula is C18H17N3O4S. The molecule has 0 atom stereocenters. The number of sulfone groups is 1. The van der Waals surface area contributed by atoms with E-state index in [0.29, 0.717) is 11.3 Å². The fourth-order valence-electron chi connectivity index (χ4n) is 2.32. The number of aromatic nitrogens is 2. The summed E-state index contributed by atoms with van der Waals surface area (Å²) in [5, 5.41) is 6.86. The zero-order chi connectivity index (χ0) is 18.7. The molecule has 0 unspecified atom stereocenters. The van der Waals surface area contributed by atoms with Crippen molar-refractivity contribution in [3.8, 4) is 11.4 Å². The Hall–Kier alpha value is -3.13. The SMILES string of the molecule is COc1ccc(-n2cc(C(=O)Nc3cccc(S(C)(=O)=O)c3)cn2)cc1. The first-order valence-electron chi connectivity index (χ1n) is 7.67. The Bertz CT molecular complexity index is 1040. The largest absolute Gasteiger partial charge is 0.497 e. The van der Waals surface area contributed by atoms with Crippen LogP contribution in [0.1, 0.15) is 10.4 Å². The van der Waals surface area contributed by atoms with Crippen molar-refractivity contribution in [3.63, 3.8) is 0 Å². The molecule has 1 aromatic heterocycles. The van der Waals surface area contributed by atoms with Gasteiger partial charge in [0.2, 0.25) is 0 Å². The molecular weight excluding hydrogens is 354 g/mol. The van der Waals surface area contributed by atoms with Crippen LogP contribution in [0.5, 0.6) is 5.75 Å². The van der Waals surface area contributed by atoms with Gasteiger partial charge in [-0.25, -0.2) is 13.1 Å². The second-order valence-corrected chi connectivity index (χ2v) is 7.64. The summed E-state index contributed by atoms with van der Waals surface area (Å²) in [6.45, 7) is 0. The predicted molar refractivity (Wildman–Crippen MR) is 97.6 cm³/mol. The minimum Gasteiger partial charge on any atom is -0.497 e. The van der Waals surface area contributed by atoms with Gasteiger partial charge in [-0.05, 0) is 42.5 Å². The van der Waals surface area contributed by atoms with Gasteiger partial charge in [0.25, 0.3) is 5.91 Å². The molecule has 0 saturated carbocycles. The maximum atomic E-state index is 12.4. The third-order valence-electron chi connectivity index (χ3n) is 3.70. The Labute approximate surface area is 151 Å². The van der Waals surface area contributed by atoms with E-state index in [9.17, 15) is 13.2 Å². The van der Waals surface area contributed by atoms with Crippen molar-refractivity contribution >= 4 is 21.4 Å². The second-order valence-electron chi connectivity index (χ2n) is 5.63. The van der Waals surface area contributed by atoms with Crippen molar-refractivity contribution in [2.24, 2.45) is 0 Å². The molecule has 8 heteroatoms. The number of nitrogens with zero attached hydrogens (tertiary/aromatic N) is 2. The van der Waals surface area contributed by atoms with Crippen LogP contribution in [0.4, 0.5) is 5.69 Å². The van der Waals surface area contributed by atoms with E-state index in [0.717, 1.165) is 17.7 Å². The normalized spacial score (nSPS) is 11.2. The molecule has 26 heavy (non-hydrogen) atoms. The molecule has 134 valence electrons. The van der Waals surface area contributed by atoms with E-state index < -0.39 is 9.84 Å². The first kappa shape index (κ1) is 17.7. The van der Waals surface area contributed by atoms with Gasteiger partial charge in [0, 0.05) is 18.1 Å². The van der Waals surface area contributed by atoms with E-state index in [1.165, 1.54) is 18.3 Å². The van der Waals surface area contributed by atoms with E-state index in [4.69, 9.17) is 4.74 Å². The summed E-state index contributed by atoms with van der Waals surface area (Å²) in [5.41, 5.74) is 1.53. The first-order chi connectivity index (χ1) is 12.4. The van der Waals surface area contributed by atoms with E-state index in [1.54, 1.807) is 42.3 Å². The molecule has 0 fully saturated rings. The standard InChI is InChI=1S/C18H17N3O4S/c1-25-16-8-6-15(7-9-16)21-12-13(11-19-21)18(22)20-14-4-3-5-17(10-14)26(2,23)24/h3-12H,1-2H3,(H,20,22). The summed E-state index contributed by atoms with van der Waals surface area (Å²) in [6, 6.07) is 13.3. The second kappa shape index (κ2) is 7.01. The number of carbonyl (C=O) groups excluding carboxylic acids is 1. The molecule has 1 N–H and O–H groups in total. The van der Waals surface area contributed by atoms with Gasteiger partial charge in [-0.3, -0.25) is 4.79 Å². The maximum Gasteiger partial charge on any atom is 0.258 e. The smallest absolute Gasteiger partial charge is 0.258 e. The molecule has 0 radical (unpaired) electrons. The molecule has 0 aliphatic carbocycles. The molecule has 0 spiro atoms. The van der Waals surface area contributed by atoms with E-state index in [-0.39, 0.29) is 10.8 Å². The summed E-state index contributed by atoms with van der Waals surface area (Å²) < 4.78 is 29.9. The van der Waals surface area contributed by atoms with Gasteiger partial charge in [0.15, 0.2) is 9.84 Å². The molecule has 3 aromatic rings. The summed E-state index contributed by atoms with van der Waals surface area (Å²) >= 11 is 0. The van der Waals surface area contributed by atoms with Crippen LogP contribution in [-0.2, 0) is 9.84 Å². The number of amides is 1. The van der Waals surface area contributed by atoms with Gasteiger partial charge in [0.05, 0.1) is 29.5 Å². The lowest BCUT2D eigenvalue weighted by Crippen LogP contribution is -2.11. The average molecular weight is 371 g/mol. The van der Waals surface area contributed by atoms with Crippen LogP contribution in [0.25, 0.3) is 5.69 Å². The Balaban J connectivity index is 1.78. The third kappa shape index (κ3) is 3.92. The van der Waals surface area contributed by atoms with Crippen LogP contribution in [0, 0.1) is 0 Å². The summed E-state index contributed by atoms with van der Waals surface area (Å²) in [6.07, 6.45) is 4.16. The zero-order valence-electron chi connectivity index (χ0n) is 14.2. The molecule has 1 heterocycles. The van der Waals surface area contributed by atoms with Crippen LogP contribution < -0.4 is 10.1 Å². The van der Waals surface area contributed by atoms with Crippen molar-refractivity contribution < 1.29 is 17.9 Å². The molecule has 0 bridgehead atoms. The van der Waals surface area contributed by atoms with Crippen molar-refractivity contribution in [3.05, 3.63) is 66.5 Å². The molecule has 0 aliphatic heterocycles. The zero-order valence-corrected chi connectivity index (χ0v) is 15.0. The molecule has 0 saturated heterocycles. The quantitative estimate of drug-likeness (QED) is 0.744. The van der Waals surface area contributed by atoms with Gasteiger partial charge in [0.1, 0.15) is 5.75 Å². The maximum absolute atomic E-state index is 12.4. The number of carbonyl (C=O) groups is 1. The van der Waals surface area contributed by atoms with Gasteiger partial charge >= 0.3 is 0 Å². The highest BCUT2D eigenvalue weighted by molar-refractivity contribution is 7.90. The highest BCUT2D eigenvalue weighted by Crippen LogP contribution is 2.17. The van der Waals surface area contributed by atoms with Crippen molar-refractivity contribution in [1.82, 2.24) is 9.78 Å². The van der Waals surface area contributed by atoms with Crippen molar-refractivity contribution in [2.75, 3.05) is 18.7 Å². The van der Waals surface area contributed by atoms with Crippen molar-refractivity contribution in [1.29, 1.82) is 0 Å². The monoisotopic (exact) mass is 371 g/mol. The summed E-state index contributed by atoms with van der Waals surface area (Å²) in [7, 11) is -1.75. The fourth-order valence-corrected chi connectivity index (χ4v) is 2.99. The molecule has 3 rings (SSSR count). The highest BCUT2D eigenvalue weighted by Gasteiger charge is 2.12. The van der Waals surface area contributed by atoms with Gasteiger partial charge < -0.3 is 10.1 Å². The predicted octanol–water partition coefficient (Wildman–Crippen LogP) is 2.54. The number of anilines is 1. The number of nitrogens with one attached hydrogen (secondary N) is 1. The van der Waals surface area contributed by atoms with Gasteiger partial charge in [-0.15, -0.1) is 0 Å². The highest BCUT2D eigenvalue weighted by atomic mass is 32.2. The minimum absolute atomic E-state index is 0.143. The summed E-state index contributed by atoms with van der Waals surface area (Å²) in [4.78, 5) is 12.5. The Morgan fingerprint density at radius 3 is 2.54 bits per heavy atom. The van der Waals surface area contributed by atoms with Gasteiger partial charge in [-0.2, -0.15) is 5.10 Å². The third-order valence-corrected chi connectivity index (χ3v) is 4.81. The van der Waals surface area contributed by atoms with Crippen LogP contribution >= 0.6 is 0 Å². The first-order valence-corrected chi connectivity index (χ1v) is 9.56. The average Bonchev–Trinajstić information content (AvgIpc) is 3.11. The van der Waals surface area contributed by atoms with Crippen LogP contribution in [0.2, 0.25) is 0 Å². The Morgan fingerprint density at radius 2 is 1.88 bits per heavy atom. The molecule has 7 nitrogen and oxygen atoms in total. The Morgan fingerprint density at radius 1 is 1.15 bits per heavy atom. The molecule has 0 aliphatic rings. The van der Waals surface area contributed by atoms with Crippen LogP contribution in [0.15, 0.2) is 65.8 Å². The Kier molecular flexibility index (Phi) is 4.77. The minimum atomic E-state index is -3.34. The molecule has 1 amide bonds. The number of rotatable bonds is 5. The number of hydrogen-bond donors (Lipinski definition) is 1. The number of benzene rings is 2. The molecule has 2 aromatic carbocycles. The van der Waals surface area contributed by atoms with E-state index in [1.807, 2.05) is 12.1 Å². The van der Waals surface area contributed by atoms with E-state index >= 15 is 0 Å². The topological polar surface area (TPSA) is 90.3 Å². The van der Waals surface area contributed by atoms with Crippen LogP contribution in [-0.4, -0.2) is 37.5 Å². The summed E-state index contributed by atoms with van der Waals surface area (Å²) in [5.74, 6) is 0.347.